The van der Waals surface area contributed by atoms with E-state index in [2.05, 4.69) is 5.10 Å². The number of hydrogen-bond donors (Lipinski definition) is 2. The van der Waals surface area contributed by atoms with Gasteiger partial charge in [-0.05, 0) is 48.9 Å². The van der Waals surface area contributed by atoms with E-state index in [0.29, 0.717) is 17.2 Å². The first-order valence-electron chi connectivity index (χ1n) is 6.89. The number of benzene rings is 2. The highest BCUT2D eigenvalue weighted by Crippen LogP contribution is 2.31. The third-order valence-electron chi connectivity index (χ3n) is 3.27. The lowest BCUT2D eigenvalue weighted by molar-refractivity contribution is 0.0697. The average molecular weight is 310 g/mol. The first kappa shape index (κ1) is 14.6. The van der Waals surface area contributed by atoms with Crippen molar-refractivity contribution in [3.63, 3.8) is 0 Å². The van der Waals surface area contributed by atoms with Gasteiger partial charge in [0.15, 0.2) is 11.5 Å². The van der Waals surface area contributed by atoms with Gasteiger partial charge in [0.2, 0.25) is 0 Å². The highest BCUT2D eigenvalue weighted by atomic mass is 16.5. The number of ether oxygens (including phenoxy) is 1. The second-order valence-corrected chi connectivity index (χ2v) is 5.05. The van der Waals surface area contributed by atoms with Gasteiger partial charge in [-0.15, -0.1) is 0 Å². The number of aromatic carboxylic acids is 1. The van der Waals surface area contributed by atoms with E-state index in [4.69, 9.17) is 9.84 Å². The Morgan fingerprint density at radius 1 is 1.17 bits per heavy atom. The van der Waals surface area contributed by atoms with E-state index in [1.807, 2.05) is 13.0 Å². The van der Waals surface area contributed by atoms with Crippen molar-refractivity contribution in [2.24, 2.45) is 0 Å². The number of phenols is 1. The zero-order chi connectivity index (χ0) is 16.4. The molecular formula is C17H14N2O4. The number of hydrogen-bond acceptors (Lipinski definition) is 4. The Kier molecular flexibility index (Phi) is 3.72. The van der Waals surface area contributed by atoms with Gasteiger partial charge in [0, 0.05) is 6.20 Å². The Morgan fingerprint density at radius 2 is 1.91 bits per heavy atom. The molecule has 0 atom stereocenters. The Bertz CT molecular complexity index is 853. The molecule has 0 amide bonds. The fourth-order valence-electron chi connectivity index (χ4n) is 2.08. The Hall–Kier alpha value is -3.28. The summed E-state index contributed by atoms with van der Waals surface area (Å²) in [6.07, 6.45) is 2.72. The maximum atomic E-state index is 10.9. The number of carboxylic acid groups (broad SMARTS) is 1. The summed E-state index contributed by atoms with van der Waals surface area (Å²) in [5.41, 5.74) is 1.77. The van der Waals surface area contributed by atoms with E-state index in [9.17, 15) is 9.90 Å². The number of aromatic hydroxyl groups is 1. The quantitative estimate of drug-likeness (QED) is 0.771. The van der Waals surface area contributed by atoms with E-state index in [1.165, 1.54) is 17.1 Å². The second-order valence-electron chi connectivity index (χ2n) is 5.05. The van der Waals surface area contributed by atoms with Crippen LogP contribution in [-0.4, -0.2) is 26.0 Å². The van der Waals surface area contributed by atoms with Crippen molar-refractivity contribution in [1.82, 2.24) is 9.78 Å². The number of phenolic OH excluding ortho intramolecular Hbond substituents is 1. The topological polar surface area (TPSA) is 84.6 Å². The largest absolute Gasteiger partial charge is 0.504 e. The monoisotopic (exact) mass is 310 g/mol. The minimum atomic E-state index is -1.02. The van der Waals surface area contributed by atoms with Crippen LogP contribution in [-0.2, 0) is 0 Å². The van der Waals surface area contributed by atoms with E-state index >= 15 is 0 Å². The van der Waals surface area contributed by atoms with Gasteiger partial charge in [-0.1, -0.05) is 6.07 Å². The molecule has 0 saturated carbocycles. The predicted molar refractivity (Wildman–Crippen MR) is 83.4 cm³/mol. The molecule has 116 valence electrons. The van der Waals surface area contributed by atoms with E-state index in [1.54, 1.807) is 36.4 Å². The van der Waals surface area contributed by atoms with Gasteiger partial charge in [-0.2, -0.15) is 5.10 Å². The van der Waals surface area contributed by atoms with Crippen LogP contribution in [0, 0.1) is 6.92 Å². The molecule has 0 unspecified atom stereocenters. The highest BCUT2D eigenvalue weighted by molar-refractivity contribution is 5.86. The molecule has 3 aromatic rings. The molecule has 3 rings (SSSR count). The minimum absolute atomic E-state index is 0.0762. The standard InChI is InChI=1S/C17H14N2O4/c1-11-2-7-16(15(20)8-11)23-14-5-3-13(4-6-14)19-10-12(9-18-19)17(21)22/h2-10,20H,1H3,(H,21,22). The second kappa shape index (κ2) is 5.84. The summed E-state index contributed by atoms with van der Waals surface area (Å²) in [4.78, 5) is 10.9. The molecule has 0 radical (unpaired) electrons. The van der Waals surface area contributed by atoms with Gasteiger partial charge in [0.05, 0.1) is 17.4 Å². The predicted octanol–water partition coefficient (Wildman–Crippen LogP) is 3.38. The first-order chi connectivity index (χ1) is 11.0. The van der Waals surface area contributed by atoms with Crippen LogP contribution >= 0.6 is 0 Å². The molecule has 2 N–H and O–H groups in total. The van der Waals surface area contributed by atoms with Gasteiger partial charge in [-0.3, -0.25) is 0 Å². The van der Waals surface area contributed by atoms with E-state index in [0.717, 1.165) is 5.56 Å². The fraction of sp³-hybridized carbons (Fsp3) is 0.0588. The van der Waals surface area contributed by atoms with Crippen LogP contribution in [0.1, 0.15) is 15.9 Å². The van der Waals surface area contributed by atoms with Gasteiger partial charge in [-0.25, -0.2) is 9.48 Å². The molecule has 23 heavy (non-hydrogen) atoms. The lowest BCUT2D eigenvalue weighted by atomic mass is 10.2. The van der Waals surface area contributed by atoms with Crippen molar-refractivity contribution in [2.75, 3.05) is 0 Å². The van der Waals surface area contributed by atoms with E-state index < -0.39 is 5.97 Å². The minimum Gasteiger partial charge on any atom is -0.504 e. The molecule has 6 nitrogen and oxygen atoms in total. The maximum absolute atomic E-state index is 10.9. The number of aryl methyl sites for hydroxylation is 1. The number of carbonyl (C=O) groups is 1. The van der Waals surface area contributed by atoms with Crippen LogP contribution in [0.4, 0.5) is 0 Å². The Balaban J connectivity index is 1.80. The number of aromatic nitrogens is 2. The van der Waals surface area contributed by atoms with Crippen LogP contribution in [0.5, 0.6) is 17.2 Å². The van der Waals surface area contributed by atoms with Crippen molar-refractivity contribution >= 4 is 5.97 Å². The molecule has 0 aliphatic carbocycles. The lowest BCUT2D eigenvalue weighted by Gasteiger charge is -2.09. The molecule has 0 saturated heterocycles. The molecule has 0 bridgehead atoms. The molecule has 0 aliphatic heterocycles. The maximum Gasteiger partial charge on any atom is 0.338 e. The van der Waals surface area contributed by atoms with Gasteiger partial charge < -0.3 is 14.9 Å². The fourth-order valence-corrected chi connectivity index (χ4v) is 2.08. The first-order valence-corrected chi connectivity index (χ1v) is 6.89. The summed E-state index contributed by atoms with van der Waals surface area (Å²) in [7, 11) is 0. The summed E-state index contributed by atoms with van der Waals surface area (Å²) >= 11 is 0. The number of carboxylic acids is 1. The average Bonchev–Trinajstić information content (AvgIpc) is 3.01. The third-order valence-corrected chi connectivity index (χ3v) is 3.27. The lowest BCUT2D eigenvalue weighted by Crippen LogP contribution is -1.95. The van der Waals surface area contributed by atoms with Gasteiger partial charge >= 0.3 is 5.97 Å². The zero-order valence-electron chi connectivity index (χ0n) is 12.3. The van der Waals surface area contributed by atoms with Crippen LogP contribution in [0.15, 0.2) is 54.9 Å². The van der Waals surface area contributed by atoms with E-state index in [-0.39, 0.29) is 11.3 Å². The number of nitrogens with zero attached hydrogens (tertiary/aromatic N) is 2. The SMILES string of the molecule is Cc1ccc(Oc2ccc(-n3cc(C(=O)O)cn3)cc2)c(O)c1. The summed E-state index contributed by atoms with van der Waals surface area (Å²) in [6.45, 7) is 1.88. The summed E-state index contributed by atoms with van der Waals surface area (Å²) in [5.74, 6) is -0.0209. The van der Waals surface area contributed by atoms with Crippen LogP contribution in [0.3, 0.4) is 0 Å². The summed E-state index contributed by atoms with van der Waals surface area (Å²) in [5, 5.41) is 22.7. The smallest absolute Gasteiger partial charge is 0.338 e. The van der Waals surface area contributed by atoms with Crippen molar-refractivity contribution in [2.45, 2.75) is 6.92 Å². The zero-order valence-corrected chi connectivity index (χ0v) is 12.3. The highest BCUT2D eigenvalue weighted by Gasteiger charge is 2.08. The van der Waals surface area contributed by atoms with Gasteiger partial charge in [0.1, 0.15) is 5.75 Å². The van der Waals surface area contributed by atoms with Crippen molar-refractivity contribution in [1.29, 1.82) is 0 Å². The van der Waals surface area contributed by atoms with Crippen LogP contribution in [0.2, 0.25) is 0 Å². The molecular weight excluding hydrogens is 296 g/mol. The molecule has 1 heterocycles. The normalized spacial score (nSPS) is 10.5. The third kappa shape index (κ3) is 3.16. The summed E-state index contributed by atoms with van der Waals surface area (Å²) < 4.78 is 7.09. The molecule has 0 spiro atoms. The Morgan fingerprint density at radius 3 is 2.52 bits per heavy atom. The van der Waals surface area contributed by atoms with Crippen LogP contribution < -0.4 is 4.74 Å². The van der Waals surface area contributed by atoms with Crippen molar-refractivity contribution in [3.05, 3.63) is 66.0 Å². The van der Waals surface area contributed by atoms with Crippen LogP contribution in [0.25, 0.3) is 5.69 Å². The molecule has 1 aromatic heterocycles. The van der Waals surface area contributed by atoms with Crippen molar-refractivity contribution in [3.8, 4) is 22.9 Å². The molecule has 0 fully saturated rings. The summed E-state index contributed by atoms with van der Waals surface area (Å²) in [6, 6.07) is 12.1. The number of rotatable bonds is 4. The molecule has 2 aromatic carbocycles. The van der Waals surface area contributed by atoms with Crippen molar-refractivity contribution < 1.29 is 19.7 Å². The molecule has 0 aliphatic rings. The van der Waals surface area contributed by atoms with Gasteiger partial charge in [0.25, 0.3) is 0 Å². The Labute approximate surface area is 132 Å². The molecule has 6 heteroatoms.